The number of hydrogen-bond acceptors (Lipinski definition) is 4. The molecule has 0 spiro atoms. The molecule has 0 unspecified atom stereocenters. The molecule has 0 fully saturated rings. The van der Waals surface area contributed by atoms with E-state index < -0.39 is 15.9 Å². The molecule has 8 heteroatoms. The minimum Gasteiger partial charge on any atom is -0.399 e. The van der Waals surface area contributed by atoms with E-state index in [1.54, 1.807) is 26.0 Å². The number of nitrogens with one attached hydrogen (secondary N) is 1. The second-order valence-corrected chi connectivity index (χ2v) is 7.65. The molecular weight excluding hydrogens is 362 g/mol. The maximum Gasteiger partial charge on any atom is 0.255 e. The number of halogens is 1. The van der Waals surface area contributed by atoms with Crippen LogP contribution in [0, 0.1) is 0 Å². The normalized spacial score (nSPS) is 11.5. The van der Waals surface area contributed by atoms with Crippen LogP contribution >= 0.6 is 11.6 Å². The molecule has 0 saturated carbocycles. The number of nitrogens with zero attached hydrogens (tertiary/aromatic N) is 1. The fourth-order valence-corrected chi connectivity index (χ4v) is 4.01. The maximum atomic E-state index is 12.4. The van der Waals surface area contributed by atoms with E-state index in [9.17, 15) is 13.2 Å². The van der Waals surface area contributed by atoms with E-state index >= 15 is 0 Å². The summed E-state index contributed by atoms with van der Waals surface area (Å²) in [5.41, 5.74) is 6.87. The SMILES string of the molecule is CCN(CC)S(=O)(=O)c1ccc(C(=O)Nc2ccc(N)cc2Cl)cc1. The van der Waals surface area contributed by atoms with Crippen LogP contribution < -0.4 is 11.1 Å². The van der Waals surface area contributed by atoms with Gasteiger partial charge in [-0.1, -0.05) is 25.4 Å². The molecule has 0 heterocycles. The van der Waals surface area contributed by atoms with Gasteiger partial charge in [-0.05, 0) is 42.5 Å². The first-order valence-corrected chi connectivity index (χ1v) is 9.58. The van der Waals surface area contributed by atoms with Crippen molar-refractivity contribution >= 4 is 38.9 Å². The summed E-state index contributed by atoms with van der Waals surface area (Å²) in [6, 6.07) is 10.6. The summed E-state index contributed by atoms with van der Waals surface area (Å²) < 4.78 is 26.2. The molecule has 2 aromatic carbocycles. The molecule has 0 saturated heterocycles. The molecule has 6 nitrogen and oxygen atoms in total. The maximum absolute atomic E-state index is 12.4. The monoisotopic (exact) mass is 381 g/mol. The van der Waals surface area contributed by atoms with E-state index in [1.165, 1.54) is 34.6 Å². The Labute approximate surface area is 152 Å². The summed E-state index contributed by atoms with van der Waals surface area (Å²) in [6.07, 6.45) is 0. The molecule has 25 heavy (non-hydrogen) atoms. The van der Waals surface area contributed by atoms with Crippen LogP contribution in [0.1, 0.15) is 24.2 Å². The van der Waals surface area contributed by atoms with Crippen LogP contribution in [0.25, 0.3) is 0 Å². The number of amides is 1. The van der Waals surface area contributed by atoms with Gasteiger partial charge in [-0.3, -0.25) is 4.79 Å². The average Bonchev–Trinajstić information content (AvgIpc) is 2.58. The van der Waals surface area contributed by atoms with Crippen molar-refractivity contribution in [2.45, 2.75) is 18.7 Å². The van der Waals surface area contributed by atoms with Gasteiger partial charge in [-0.15, -0.1) is 0 Å². The first-order chi connectivity index (χ1) is 11.8. The number of hydrogen-bond donors (Lipinski definition) is 2. The molecule has 0 radical (unpaired) electrons. The Morgan fingerprint density at radius 2 is 1.72 bits per heavy atom. The fourth-order valence-electron chi connectivity index (χ4n) is 2.32. The van der Waals surface area contributed by atoms with Gasteiger partial charge in [0.15, 0.2) is 0 Å². The van der Waals surface area contributed by atoms with Gasteiger partial charge in [-0.2, -0.15) is 4.31 Å². The van der Waals surface area contributed by atoms with Gasteiger partial charge in [0, 0.05) is 24.3 Å². The van der Waals surface area contributed by atoms with Crippen LogP contribution in [0.2, 0.25) is 5.02 Å². The van der Waals surface area contributed by atoms with E-state index in [0.29, 0.717) is 35.1 Å². The number of sulfonamides is 1. The van der Waals surface area contributed by atoms with Crippen molar-refractivity contribution in [1.82, 2.24) is 4.31 Å². The van der Waals surface area contributed by atoms with Crippen molar-refractivity contribution in [2.75, 3.05) is 24.1 Å². The lowest BCUT2D eigenvalue weighted by Gasteiger charge is -2.18. The predicted octanol–water partition coefficient (Wildman–Crippen LogP) is 3.21. The molecule has 3 N–H and O–H groups in total. The largest absolute Gasteiger partial charge is 0.399 e. The number of nitrogens with two attached hydrogens (primary N) is 1. The van der Waals surface area contributed by atoms with Crippen LogP contribution in [-0.4, -0.2) is 31.7 Å². The van der Waals surface area contributed by atoms with Crippen molar-refractivity contribution in [3.8, 4) is 0 Å². The van der Waals surface area contributed by atoms with Crippen LogP contribution in [0.3, 0.4) is 0 Å². The fraction of sp³-hybridized carbons (Fsp3) is 0.235. The third-order valence-electron chi connectivity index (χ3n) is 3.70. The molecule has 0 atom stereocenters. The minimum absolute atomic E-state index is 0.151. The van der Waals surface area contributed by atoms with E-state index in [0.717, 1.165) is 0 Å². The lowest BCUT2D eigenvalue weighted by Crippen LogP contribution is -2.30. The van der Waals surface area contributed by atoms with Gasteiger partial charge in [0.1, 0.15) is 0 Å². The Bertz CT molecular complexity index is 863. The van der Waals surface area contributed by atoms with Gasteiger partial charge in [0.25, 0.3) is 5.91 Å². The highest BCUT2D eigenvalue weighted by Gasteiger charge is 2.21. The molecule has 2 aromatic rings. The standard InChI is InChI=1S/C17H20ClN3O3S/c1-3-21(4-2)25(23,24)14-8-5-12(6-9-14)17(22)20-16-10-7-13(19)11-15(16)18/h5-11H,3-4,19H2,1-2H3,(H,20,22). The summed E-state index contributed by atoms with van der Waals surface area (Å²) in [7, 11) is -3.55. The van der Waals surface area contributed by atoms with E-state index in [4.69, 9.17) is 17.3 Å². The zero-order chi connectivity index (χ0) is 18.6. The second-order valence-electron chi connectivity index (χ2n) is 5.31. The molecule has 0 aliphatic carbocycles. The molecule has 2 rings (SSSR count). The van der Waals surface area contributed by atoms with Crippen molar-refractivity contribution in [1.29, 1.82) is 0 Å². The first-order valence-electron chi connectivity index (χ1n) is 7.76. The Kier molecular flexibility index (Phi) is 6.05. The lowest BCUT2D eigenvalue weighted by molar-refractivity contribution is 0.102. The third-order valence-corrected chi connectivity index (χ3v) is 6.08. The van der Waals surface area contributed by atoms with Gasteiger partial charge >= 0.3 is 0 Å². The van der Waals surface area contributed by atoms with Crippen molar-refractivity contribution in [3.05, 3.63) is 53.1 Å². The third kappa shape index (κ3) is 4.31. The van der Waals surface area contributed by atoms with Crippen LogP contribution in [0.5, 0.6) is 0 Å². The number of carbonyl (C=O) groups excluding carboxylic acids is 1. The highest BCUT2D eigenvalue weighted by atomic mass is 35.5. The Morgan fingerprint density at radius 1 is 1.12 bits per heavy atom. The number of anilines is 2. The molecule has 0 aromatic heterocycles. The zero-order valence-electron chi connectivity index (χ0n) is 14.0. The minimum atomic E-state index is -3.55. The molecule has 0 aliphatic heterocycles. The first kappa shape index (κ1) is 19.2. The predicted molar refractivity (Wildman–Crippen MR) is 100 cm³/mol. The van der Waals surface area contributed by atoms with Crippen LogP contribution in [0.4, 0.5) is 11.4 Å². The van der Waals surface area contributed by atoms with Gasteiger partial charge in [0.05, 0.1) is 15.6 Å². The lowest BCUT2D eigenvalue weighted by atomic mass is 10.2. The quantitative estimate of drug-likeness (QED) is 0.751. The number of rotatable bonds is 6. The summed E-state index contributed by atoms with van der Waals surface area (Å²) in [5.74, 6) is -0.390. The highest BCUT2D eigenvalue weighted by Crippen LogP contribution is 2.25. The van der Waals surface area contributed by atoms with E-state index in [-0.39, 0.29) is 4.90 Å². The Balaban J connectivity index is 2.20. The number of carbonyl (C=O) groups is 1. The number of benzene rings is 2. The van der Waals surface area contributed by atoms with Gasteiger partial charge in [0.2, 0.25) is 10.0 Å². The summed E-state index contributed by atoms with van der Waals surface area (Å²) >= 11 is 6.03. The van der Waals surface area contributed by atoms with Gasteiger partial charge < -0.3 is 11.1 Å². The average molecular weight is 382 g/mol. The highest BCUT2D eigenvalue weighted by molar-refractivity contribution is 7.89. The zero-order valence-corrected chi connectivity index (χ0v) is 15.6. The molecule has 1 amide bonds. The summed E-state index contributed by atoms with van der Waals surface area (Å²) in [6.45, 7) is 4.33. The second kappa shape index (κ2) is 7.86. The van der Waals surface area contributed by atoms with Crippen LogP contribution in [-0.2, 0) is 10.0 Å². The molecule has 134 valence electrons. The smallest absolute Gasteiger partial charge is 0.255 e. The Morgan fingerprint density at radius 3 is 2.24 bits per heavy atom. The van der Waals surface area contributed by atoms with Crippen molar-refractivity contribution in [2.24, 2.45) is 0 Å². The Hall–Kier alpha value is -2.09. The van der Waals surface area contributed by atoms with E-state index in [2.05, 4.69) is 5.32 Å². The topological polar surface area (TPSA) is 92.5 Å². The van der Waals surface area contributed by atoms with Gasteiger partial charge in [-0.25, -0.2) is 8.42 Å². The van der Waals surface area contributed by atoms with Crippen molar-refractivity contribution in [3.63, 3.8) is 0 Å². The molecule has 0 bridgehead atoms. The number of nitrogen functional groups attached to an aromatic ring is 1. The molecule has 0 aliphatic rings. The van der Waals surface area contributed by atoms with E-state index in [1.807, 2.05) is 0 Å². The molecular formula is C17H20ClN3O3S. The summed E-state index contributed by atoms with van der Waals surface area (Å²) in [4.78, 5) is 12.4. The summed E-state index contributed by atoms with van der Waals surface area (Å²) in [5, 5.41) is 3.00. The van der Waals surface area contributed by atoms with Crippen LogP contribution in [0.15, 0.2) is 47.4 Å². The van der Waals surface area contributed by atoms with Crippen molar-refractivity contribution < 1.29 is 13.2 Å².